The molecule has 0 unspecified atom stereocenters. The molecule has 1 heterocycles. The van der Waals surface area contributed by atoms with Gasteiger partial charge in [0.2, 0.25) is 5.91 Å². The molecule has 3 nitrogen and oxygen atoms in total. The molecule has 0 radical (unpaired) electrons. The predicted molar refractivity (Wildman–Crippen MR) is 56.3 cm³/mol. The van der Waals surface area contributed by atoms with Crippen molar-refractivity contribution in [2.75, 3.05) is 11.9 Å². The van der Waals surface area contributed by atoms with E-state index in [-0.39, 0.29) is 5.91 Å². The number of hydrogen-bond acceptors (Lipinski definition) is 2. The number of nitrogens with two attached hydrogens (primary N) is 1. The first-order valence-electron chi connectivity index (χ1n) is 4.83. The summed E-state index contributed by atoms with van der Waals surface area (Å²) in [6.07, 6.45) is 1.39. The van der Waals surface area contributed by atoms with Gasteiger partial charge in [-0.25, -0.2) is 0 Å². The summed E-state index contributed by atoms with van der Waals surface area (Å²) < 4.78 is 0. The van der Waals surface area contributed by atoms with Gasteiger partial charge in [0.25, 0.3) is 0 Å². The number of amides is 1. The molecule has 2 rings (SSSR count). The van der Waals surface area contributed by atoms with E-state index in [4.69, 9.17) is 5.73 Å². The quantitative estimate of drug-likeness (QED) is 0.730. The summed E-state index contributed by atoms with van der Waals surface area (Å²) >= 11 is 0. The van der Waals surface area contributed by atoms with Crippen LogP contribution in [0.1, 0.15) is 16.7 Å². The normalized spacial score (nSPS) is 14.0. The minimum Gasteiger partial charge on any atom is -0.330 e. The summed E-state index contributed by atoms with van der Waals surface area (Å²) in [4.78, 5) is 11.2. The van der Waals surface area contributed by atoms with E-state index in [2.05, 4.69) is 17.4 Å². The molecule has 0 spiro atoms. The molecule has 1 amide bonds. The molecule has 0 saturated heterocycles. The molecule has 0 saturated carbocycles. The molecule has 1 aromatic carbocycles. The summed E-state index contributed by atoms with van der Waals surface area (Å²) in [5.74, 6) is 0.0907. The van der Waals surface area contributed by atoms with E-state index in [1.165, 1.54) is 5.56 Å². The molecule has 0 bridgehead atoms. The maximum atomic E-state index is 11.2. The van der Waals surface area contributed by atoms with Crippen molar-refractivity contribution in [2.24, 2.45) is 5.73 Å². The molecule has 1 aliphatic heterocycles. The number of hydrogen-bond donors (Lipinski definition) is 2. The Morgan fingerprint density at radius 1 is 1.50 bits per heavy atom. The highest BCUT2D eigenvalue weighted by Crippen LogP contribution is 2.28. The number of carbonyl (C=O) groups is 1. The number of aryl methyl sites for hydroxylation is 1. The Morgan fingerprint density at radius 2 is 2.29 bits per heavy atom. The van der Waals surface area contributed by atoms with Crippen molar-refractivity contribution in [2.45, 2.75) is 19.8 Å². The van der Waals surface area contributed by atoms with Gasteiger partial charge in [-0.15, -0.1) is 0 Å². The van der Waals surface area contributed by atoms with Crippen LogP contribution in [0.3, 0.4) is 0 Å². The highest BCUT2D eigenvalue weighted by Gasteiger charge is 2.19. The van der Waals surface area contributed by atoms with Gasteiger partial charge in [-0.2, -0.15) is 0 Å². The molecule has 0 atom stereocenters. The first kappa shape index (κ1) is 9.21. The third-order valence-electron chi connectivity index (χ3n) is 2.53. The van der Waals surface area contributed by atoms with Gasteiger partial charge in [0.05, 0.1) is 6.42 Å². The first-order chi connectivity index (χ1) is 6.70. The Labute approximate surface area is 83.3 Å². The number of nitrogens with one attached hydrogen (secondary N) is 1. The first-order valence-corrected chi connectivity index (χ1v) is 4.83. The summed E-state index contributed by atoms with van der Waals surface area (Å²) in [7, 11) is 0. The number of benzene rings is 1. The number of anilines is 1. The maximum absolute atomic E-state index is 11.2. The second-order valence-electron chi connectivity index (χ2n) is 3.71. The van der Waals surface area contributed by atoms with Crippen LogP contribution in [-0.2, 0) is 17.6 Å². The van der Waals surface area contributed by atoms with Crippen LogP contribution < -0.4 is 11.1 Å². The van der Waals surface area contributed by atoms with E-state index >= 15 is 0 Å². The lowest BCUT2D eigenvalue weighted by atomic mass is 10.0. The summed E-state index contributed by atoms with van der Waals surface area (Å²) in [5.41, 5.74) is 9.96. The number of rotatable bonds is 2. The van der Waals surface area contributed by atoms with Crippen molar-refractivity contribution in [3.05, 3.63) is 28.8 Å². The Kier molecular flexibility index (Phi) is 2.25. The lowest BCUT2D eigenvalue weighted by Gasteiger charge is -2.06. The van der Waals surface area contributed by atoms with Gasteiger partial charge in [0.1, 0.15) is 0 Å². The van der Waals surface area contributed by atoms with Crippen LogP contribution in [0.15, 0.2) is 12.1 Å². The molecular weight excluding hydrogens is 176 g/mol. The van der Waals surface area contributed by atoms with Crippen LogP contribution in [0, 0.1) is 6.92 Å². The third-order valence-corrected chi connectivity index (χ3v) is 2.53. The van der Waals surface area contributed by atoms with Crippen molar-refractivity contribution in [3.8, 4) is 0 Å². The fourth-order valence-corrected chi connectivity index (χ4v) is 1.93. The zero-order valence-electron chi connectivity index (χ0n) is 8.26. The van der Waals surface area contributed by atoms with Crippen LogP contribution in [-0.4, -0.2) is 12.5 Å². The molecular formula is C11H14N2O. The second-order valence-corrected chi connectivity index (χ2v) is 3.71. The largest absolute Gasteiger partial charge is 0.330 e. The highest BCUT2D eigenvalue weighted by atomic mass is 16.1. The number of carbonyl (C=O) groups excluding carboxylic acids is 1. The SMILES string of the molecule is Cc1cc(CCN)cc2c1NC(=O)C2. The van der Waals surface area contributed by atoms with Crippen LogP contribution in [0.2, 0.25) is 0 Å². The smallest absolute Gasteiger partial charge is 0.228 e. The number of fused-ring (bicyclic) bond motifs is 1. The van der Waals surface area contributed by atoms with Gasteiger partial charge in [-0.05, 0) is 36.6 Å². The molecule has 0 aliphatic carbocycles. The zero-order valence-corrected chi connectivity index (χ0v) is 8.26. The van der Waals surface area contributed by atoms with Gasteiger partial charge in [0.15, 0.2) is 0 Å². The summed E-state index contributed by atoms with van der Waals surface area (Å²) in [6, 6.07) is 4.17. The summed E-state index contributed by atoms with van der Waals surface area (Å²) in [5, 5.41) is 2.86. The molecule has 14 heavy (non-hydrogen) atoms. The Hall–Kier alpha value is -1.35. The van der Waals surface area contributed by atoms with Crippen LogP contribution in [0.5, 0.6) is 0 Å². The minimum absolute atomic E-state index is 0.0907. The zero-order chi connectivity index (χ0) is 10.1. The van der Waals surface area contributed by atoms with Crippen molar-refractivity contribution < 1.29 is 4.79 Å². The fourth-order valence-electron chi connectivity index (χ4n) is 1.93. The van der Waals surface area contributed by atoms with Crippen molar-refractivity contribution >= 4 is 11.6 Å². The van der Waals surface area contributed by atoms with E-state index in [0.717, 1.165) is 23.2 Å². The molecule has 0 fully saturated rings. The van der Waals surface area contributed by atoms with Gasteiger partial charge >= 0.3 is 0 Å². The van der Waals surface area contributed by atoms with Crippen LogP contribution >= 0.6 is 0 Å². The minimum atomic E-state index is 0.0907. The van der Waals surface area contributed by atoms with Gasteiger partial charge in [0, 0.05) is 5.69 Å². The predicted octanol–water partition coefficient (Wildman–Crippen LogP) is 0.991. The van der Waals surface area contributed by atoms with Gasteiger partial charge in [-0.1, -0.05) is 12.1 Å². The van der Waals surface area contributed by atoms with Crippen molar-refractivity contribution in [3.63, 3.8) is 0 Å². The van der Waals surface area contributed by atoms with E-state index in [0.29, 0.717) is 13.0 Å². The van der Waals surface area contributed by atoms with E-state index in [1.807, 2.05) is 6.92 Å². The molecule has 1 aromatic rings. The Morgan fingerprint density at radius 3 is 3.00 bits per heavy atom. The van der Waals surface area contributed by atoms with Crippen LogP contribution in [0.25, 0.3) is 0 Å². The molecule has 1 aliphatic rings. The Bertz CT molecular complexity index is 385. The molecule has 3 heteroatoms. The third kappa shape index (κ3) is 1.51. The molecule has 74 valence electrons. The van der Waals surface area contributed by atoms with E-state index < -0.39 is 0 Å². The van der Waals surface area contributed by atoms with Crippen LogP contribution in [0.4, 0.5) is 5.69 Å². The lowest BCUT2D eigenvalue weighted by Crippen LogP contribution is -2.04. The standard InChI is InChI=1S/C11H14N2O/c1-7-4-8(2-3-12)5-9-6-10(14)13-11(7)9/h4-5H,2-3,6,12H2,1H3,(H,13,14). The second kappa shape index (κ2) is 3.42. The van der Waals surface area contributed by atoms with Crippen molar-refractivity contribution in [1.82, 2.24) is 0 Å². The monoisotopic (exact) mass is 190 g/mol. The van der Waals surface area contributed by atoms with Gasteiger partial charge in [-0.3, -0.25) is 4.79 Å². The van der Waals surface area contributed by atoms with E-state index in [9.17, 15) is 4.79 Å². The molecule has 3 N–H and O–H groups in total. The van der Waals surface area contributed by atoms with E-state index in [1.54, 1.807) is 0 Å². The lowest BCUT2D eigenvalue weighted by molar-refractivity contribution is -0.115. The maximum Gasteiger partial charge on any atom is 0.228 e. The average Bonchev–Trinajstić information content (AvgIpc) is 2.47. The Balaban J connectivity index is 2.40. The average molecular weight is 190 g/mol. The van der Waals surface area contributed by atoms with Crippen molar-refractivity contribution in [1.29, 1.82) is 0 Å². The van der Waals surface area contributed by atoms with Gasteiger partial charge < -0.3 is 11.1 Å². The molecule has 0 aromatic heterocycles. The summed E-state index contributed by atoms with van der Waals surface area (Å²) in [6.45, 7) is 2.67. The highest BCUT2D eigenvalue weighted by molar-refractivity contribution is 6.00. The topological polar surface area (TPSA) is 55.1 Å². The fraction of sp³-hybridized carbons (Fsp3) is 0.364.